The Hall–Kier alpha value is -2.51. The highest BCUT2D eigenvalue weighted by Gasteiger charge is 2.14. The molecule has 2 rings (SSSR count). The molecule has 0 aliphatic heterocycles. The van der Waals surface area contributed by atoms with Crippen LogP contribution in [0.5, 0.6) is 0 Å². The van der Waals surface area contributed by atoms with E-state index in [1.807, 2.05) is 36.4 Å². The third kappa shape index (κ3) is 6.48. The van der Waals surface area contributed by atoms with Gasteiger partial charge in [0.2, 0.25) is 10.0 Å². The third-order valence-corrected chi connectivity index (χ3v) is 4.28. The highest BCUT2D eigenvalue weighted by Crippen LogP contribution is 2.20. The van der Waals surface area contributed by atoms with Gasteiger partial charge in [0.05, 0.1) is 11.2 Å². The number of non-ortho nitro benzene ring substituents is 1. The summed E-state index contributed by atoms with van der Waals surface area (Å²) in [5, 5.41) is 10.8. The van der Waals surface area contributed by atoms with Crippen molar-refractivity contribution in [1.82, 2.24) is 4.72 Å². The quantitative estimate of drug-likeness (QED) is 0.574. The van der Waals surface area contributed by atoms with Crippen LogP contribution in [0.25, 0.3) is 6.08 Å². The summed E-state index contributed by atoms with van der Waals surface area (Å²) in [5.41, 5.74) is 1.68. The molecule has 0 aliphatic rings. The van der Waals surface area contributed by atoms with Crippen molar-refractivity contribution in [3.63, 3.8) is 0 Å². The van der Waals surface area contributed by atoms with Gasteiger partial charge >= 0.3 is 0 Å². The molecule has 0 bridgehead atoms. The average molecular weight is 360 g/mol. The van der Waals surface area contributed by atoms with E-state index in [-0.39, 0.29) is 11.7 Å². The first-order chi connectivity index (χ1) is 11.8. The molecule has 2 aromatic rings. The number of nitro groups is 1. The van der Waals surface area contributed by atoms with Crippen LogP contribution in [0.1, 0.15) is 30.0 Å². The third-order valence-electron chi connectivity index (χ3n) is 3.57. The van der Waals surface area contributed by atoms with Crippen molar-refractivity contribution in [3.8, 4) is 0 Å². The SMILES string of the molecule is CS(=O)(=O)NC(CC/C=C/c1cccc([N+](=O)[O-])c1)c1ccccc1. The average Bonchev–Trinajstić information content (AvgIpc) is 2.57. The molecule has 0 aliphatic carbocycles. The second kappa shape index (κ2) is 8.55. The van der Waals surface area contributed by atoms with Crippen LogP contribution < -0.4 is 4.72 Å². The molecule has 0 aromatic heterocycles. The summed E-state index contributed by atoms with van der Waals surface area (Å²) >= 11 is 0. The number of nitrogens with one attached hydrogen (secondary N) is 1. The lowest BCUT2D eigenvalue weighted by atomic mass is 10.0. The zero-order chi connectivity index (χ0) is 18.3. The lowest BCUT2D eigenvalue weighted by molar-refractivity contribution is -0.384. The summed E-state index contributed by atoms with van der Waals surface area (Å²) in [6.45, 7) is 0. The first kappa shape index (κ1) is 18.8. The highest BCUT2D eigenvalue weighted by atomic mass is 32.2. The van der Waals surface area contributed by atoms with Crippen LogP contribution in [0.3, 0.4) is 0 Å². The Bertz CT molecular complexity index is 848. The monoisotopic (exact) mass is 360 g/mol. The molecule has 0 spiro atoms. The molecular formula is C18H20N2O4S. The number of rotatable bonds is 8. The summed E-state index contributed by atoms with van der Waals surface area (Å²) in [6, 6.07) is 15.4. The fraction of sp³-hybridized carbons (Fsp3) is 0.222. The number of hydrogen-bond donors (Lipinski definition) is 1. The van der Waals surface area contributed by atoms with Gasteiger partial charge in [0.25, 0.3) is 5.69 Å². The second-order valence-corrected chi connectivity index (χ2v) is 7.47. The van der Waals surface area contributed by atoms with Crippen LogP contribution in [-0.4, -0.2) is 19.6 Å². The molecule has 25 heavy (non-hydrogen) atoms. The van der Waals surface area contributed by atoms with Crippen molar-refractivity contribution in [2.45, 2.75) is 18.9 Å². The Morgan fingerprint density at radius 2 is 1.88 bits per heavy atom. The topological polar surface area (TPSA) is 89.3 Å². The van der Waals surface area contributed by atoms with Gasteiger partial charge in [-0.3, -0.25) is 10.1 Å². The fourth-order valence-corrected chi connectivity index (χ4v) is 3.23. The van der Waals surface area contributed by atoms with Crippen LogP contribution in [0.4, 0.5) is 5.69 Å². The molecule has 0 fully saturated rings. The predicted molar refractivity (Wildman–Crippen MR) is 98.5 cm³/mol. The van der Waals surface area contributed by atoms with Gasteiger partial charge in [-0.05, 0) is 24.0 Å². The van der Waals surface area contributed by atoms with Gasteiger partial charge in [-0.2, -0.15) is 0 Å². The van der Waals surface area contributed by atoms with E-state index >= 15 is 0 Å². The summed E-state index contributed by atoms with van der Waals surface area (Å²) in [7, 11) is -3.32. The Balaban J connectivity index is 2.03. The molecule has 7 heteroatoms. The molecule has 2 aromatic carbocycles. The van der Waals surface area contributed by atoms with Crippen molar-refractivity contribution < 1.29 is 13.3 Å². The van der Waals surface area contributed by atoms with E-state index in [1.165, 1.54) is 12.1 Å². The minimum absolute atomic E-state index is 0.0445. The molecule has 0 saturated carbocycles. The minimum Gasteiger partial charge on any atom is -0.258 e. The second-order valence-electron chi connectivity index (χ2n) is 5.69. The molecule has 0 saturated heterocycles. The van der Waals surface area contributed by atoms with E-state index in [0.29, 0.717) is 12.8 Å². The molecule has 1 N–H and O–H groups in total. The maximum atomic E-state index is 11.6. The van der Waals surface area contributed by atoms with Crippen molar-refractivity contribution >= 4 is 21.8 Å². The van der Waals surface area contributed by atoms with Gasteiger partial charge < -0.3 is 0 Å². The zero-order valence-corrected chi connectivity index (χ0v) is 14.6. The van der Waals surface area contributed by atoms with Crippen LogP contribution in [0.15, 0.2) is 60.7 Å². The van der Waals surface area contributed by atoms with E-state index in [4.69, 9.17) is 0 Å². The number of nitrogens with zero attached hydrogens (tertiary/aromatic N) is 1. The summed E-state index contributed by atoms with van der Waals surface area (Å²) in [6.07, 6.45) is 6.05. The maximum Gasteiger partial charge on any atom is 0.270 e. The van der Waals surface area contributed by atoms with E-state index in [9.17, 15) is 18.5 Å². The van der Waals surface area contributed by atoms with Crippen molar-refractivity contribution in [1.29, 1.82) is 0 Å². The number of hydrogen-bond acceptors (Lipinski definition) is 4. The minimum atomic E-state index is -3.32. The number of allylic oxidation sites excluding steroid dienone is 1. The van der Waals surface area contributed by atoms with Crippen molar-refractivity contribution in [2.75, 3.05) is 6.26 Å². The van der Waals surface area contributed by atoms with E-state index in [1.54, 1.807) is 18.2 Å². The molecular weight excluding hydrogens is 340 g/mol. The lowest BCUT2D eigenvalue weighted by Gasteiger charge is -2.17. The van der Waals surface area contributed by atoms with Gasteiger partial charge in [-0.15, -0.1) is 0 Å². The van der Waals surface area contributed by atoms with E-state index in [0.717, 1.165) is 17.4 Å². The Kier molecular flexibility index (Phi) is 6.44. The number of sulfonamides is 1. The number of nitro benzene ring substituents is 1. The molecule has 0 radical (unpaired) electrons. The standard InChI is InChI=1S/C18H20N2O4S/c1-25(23,24)19-18(16-10-3-2-4-11-16)13-6-5-8-15-9-7-12-17(14-15)20(21)22/h2-5,7-12,14,18-19H,6,13H2,1H3/b8-5+. The summed E-state index contributed by atoms with van der Waals surface area (Å²) in [4.78, 5) is 10.3. The molecule has 1 atom stereocenters. The predicted octanol–water partition coefficient (Wildman–Crippen LogP) is 3.68. The van der Waals surface area contributed by atoms with Gasteiger partial charge in [-0.25, -0.2) is 13.1 Å². The Labute approximate surface area is 147 Å². The largest absolute Gasteiger partial charge is 0.270 e. The normalized spacial score (nSPS) is 13.0. The summed E-state index contributed by atoms with van der Waals surface area (Å²) in [5.74, 6) is 0. The smallest absolute Gasteiger partial charge is 0.258 e. The first-order valence-electron chi connectivity index (χ1n) is 7.78. The van der Waals surface area contributed by atoms with Gasteiger partial charge in [0.15, 0.2) is 0 Å². The van der Waals surface area contributed by atoms with Gasteiger partial charge in [0, 0.05) is 18.2 Å². The molecule has 132 valence electrons. The van der Waals surface area contributed by atoms with Crippen molar-refractivity contribution in [2.24, 2.45) is 0 Å². The zero-order valence-electron chi connectivity index (χ0n) is 13.8. The fourth-order valence-electron chi connectivity index (χ4n) is 2.46. The molecule has 0 amide bonds. The van der Waals surface area contributed by atoms with Crippen LogP contribution >= 0.6 is 0 Å². The van der Waals surface area contributed by atoms with Crippen LogP contribution in [0.2, 0.25) is 0 Å². The Morgan fingerprint density at radius 3 is 2.52 bits per heavy atom. The van der Waals surface area contributed by atoms with Crippen LogP contribution in [0, 0.1) is 10.1 Å². The number of benzene rings is 2. The molecule has 0 heterocycles. The van der Waals surface area contributed by atoms with E-state index < -0.39 is 14.9 Å². The van der Waals surface area contributed by atoms with Gasteiger partial charge in [-0.1, -0.05) is 54.6 Å². The molecule has 6 nitrogen and oxygen atoms in total. The maximum absolute atomic E-state index is 11.6. The van der Waals surface area contributed by atoms with Crippen LogP contribution in [-0.2, 0) is 10.0 Å². The lowest BCUT2D eigenvalue weighted by Crippen LogP contribution is -2.27. The van der Waals surface area contributed by atoms with Gasteiger partial charge in [0.1, 0.15) is 0 Å². The van der Waals surface area contributed by atoms with Crippen molar-refractivity contribution in [3.05, 3.63) is 81.9 Å². The first-order valence-corrected chi connectivity index (χ1v) is 9.67. The highest BCUT2D eigenvalue weighted by molar-refractivity contribution is 7.88. The van der Waals surface area contributed by atoms with E-state index in [2.05, 4.69) is 4.72 Å². The Morgan fingerprint density at radius 1 is 1.16 bits per heavy atom. The molecule has 1 unspecified atom stereocenters. The summed E-state index contributed by atoms with van der Waals surface area (Å²) < 4.78 is 25.8.